The maximum atomic E-state index is 17.1. The van der Waals surface area contributed by atoms with E-state index in [2.05, 4.69) is 0 Å². The Morgan fingerprint density at radius 3 is 2.22 bits per heavy atom. The van der Waals surface area contributed by atoms with E-state index in [-0.39, 0.29) is 56.3 Å². The van der Waals surface area contributed by atoms with Crippen molar-refractivity contribution in [2.24, 2.45) is 0 Å². The Kier molecular flexibility index (Phi) is 11.6. The number of alkyl halides is 4. The summed E-state index contributed by atoms with van der Waals surface area (Å²) in [6.07, 6.45) is -4.03. The number of likely N-dealkylation sites (tertiary alicyclic amines) is 2. The lowest BCUT2D eigenvalue weighted by molar-refractivity contribution is -0.145. The summed E-state index contributed by atoms with van der Waals surface area (Å²) in [5.41, 5.74) is -2.25. The van der Waals surface area contributed by atoms with Gasteiger partial charge in [0.2, 0.25) is 11.6 Å². The molecule has 0 aliphatic carbocycles. The summed E-state index contributed by atoms with van der Waals surface area (Å²) in [7, 11) is 0.0993. The van der Waals surface area contributed by atoms with Gasteiger partial charge in [-0.15, -0.1) is 0 Å². The molecule has 15 heteroatoms. The van der Waals surface area contributed by atoms with Gasteiger partial charge in [-0.3, -0.25) is 14.5 Å². The molecule has 10 nitrogen and oxygen atoms in total. The second-order valence-corrected chi connectivity index (χ2v) is 15.7. The number of halogens is 4. The topological polar surface area (TPSA) is 108 Å². The number of carbonyl (C=O) groups excluding carboxylic acids is 2. The van der Waals surface area contributed by atoms with E-state index in [4.69, 9.17) is 9.47 Å². The number of nitrogens with zero attached hydrogens (tertiary/aromatic N) is 3. The molecular formula is C34H46F4N4O6S. The molecule has 2 amide bonds. The second-order valence-electron chi connectivity index (χ2n) is 13.8. The van der Waals surface area contributed by atoms with Gasteiger partial charge in [0.25, 0.3) is 5.91 Å². The number of amides is 2. The van der Waals surface area contributed by atoms with Crippen LogP contribution >= 0.6 is 0 Å². The standard InChI is InChI=1S/C34H46F4N4O6S/c1-32(2,3)42-21-28(24-9-12-26(47-6)13-10-24)33(35,22-42)31(44)41-17-15-23(16-18-41)27-14-11-25(34(36,37)38)20-29(27)48-19-7-8-30(43)39-49(45,46)40(4)5/h9-14,20,23,28H,7-8,15-19,21-22H2,1-6H3,(H,39,43)/t28-,33-/m0/s1. The van der Waals surface area contributed by atoms with E-state index in [1.165, 1.54) is 25.1 Å². The molecule has 4 rings (SSSR count). The van der Waals surface area contributed by atoms with Gasteiger partial charge in [-0.05, 0) is 81.3 Å². The van der Waals surface area contributed by atoms with Gasteiger partial charge in [0.05, 0.1) is 19.3 Å². The third-order valence-corrected chi connectivity index (χ3v) is 10.7. The first-order chi connectivity index (χ1) is 22.8. The molecule has 0 saturated carbocycles. The summed E-state index contributed by atoms with van der Waals surface area (Å²) in [5, 5.41) is 0. The van der Waals surface area contributed by atoms with Gasteiger partial charge < -0.3 is 14.4 Å². The van der Waals surface area contributed by atoms with Crippen LogP contribution in [0.15, 0.2) is 42.5 Å². The quantitative estimate of drug-likeness (QED) is 0.255. The maximum absolute atomic E-state index is 17.1. The Labute approximate surface area is 285 Å². The number of piperidine rings is 1. The smallest absolute Gasteiger partial charge is 0.416 e. The molecule has 2 aromatic rings. The molecule has 272 valence electrons. The van der Waals surface area contributed by atoms with E-state index < -0.39 is 45.4 Å². The molecule has 2 fully saturated rings. The first-order valence-corrected chi connectivity index (χ1v) is 17.6. The first kappa shape index (κ1) is 38.4. The Bertz CT molecular complexity index is 1590. The van der Waals surface area contributed by atoms with Crippen molar-refractivity contribution >= 4 is 22.0 Å². The number of hydrogen-bond donors (Lipinski definition) is 1. The van der Waals surface area contributed by atoms with Crippen molar-refractivity contribution in [1.82, 2.24) is 18.8 Å². The predicted octanol–water partition coefficient (Wildman–Crippen LogP) is 5.11. The highest BCUT2D eigenvalue weighted by molar-refractivity contribution is 7.87. The van der Waals surface area contributed by atoms with Crippen molar-refractivity contribution < 1.29 is 45.0 Å². The molecule has 2 atom stereocenters. The van der Waals surface area contributed by atoms with Crippen molar-refractivity contribution in [2.75, 3.05) is 54.0 Å². The largest absolute Gasteiger partial charge is 0.497 e. The highest BCUT2D eigenvalue weighted by Gasteiger charge is 2.57. The number of methoxy groups -OCH3 is 1. The molecule has 2 aliphatic heterocycles. The van der Waals surface area contributed by atoms with Crippen LogP contribution in [0.4, 0.5) is 17.6 Å². The molecule has 2 heterocycles. The fourth-order valence-corrected chi connectivity index (χ4v) is 6.85. The lowest BCUT2D eigenvalue weighted by Gasteiger charge is -2.38. The zero-order chi connectivity index (χ0) is 36.4. The summed E-state index contributed by atoms with van der Waals surface area (Å²) < 4.78 is 95.5. The van der Waals surface area contributed by atoms with Crippen LogP contribution in [0.2, 0.25) is 0 Å². The average molecular weight is 715 g/mol. The molecule has 1 N–H and O–H groups in total. The molecule has 0 spiro atoms. The number of benzene rings is 2. The van der Waals surface area contributed by atoms with Crippen molar-refractivity contribution in [2.45, 2.75) is 75.7 Å². The molecule has 0 unspecified atom stereocenters. The normalized spacial score (nSPS) is 21.2. The van der Waals surface area contributed by atoms with Crippen LogP contribution in [0.3, 0.4) is 0 Å². The minimum atomic E-state index is -4.62. The molecule has 0 radical (unpaired) electrons. The van der Waals surface area contributed by atoms with Crippen LogP contribution in [0.5, 0.6) is 11.5 Å². The third-order valence-electron chi connectivity index (χ3n) is 9.29. The number of ether oxygens (including phenoxy) is 2. The Hall–Kier alpha value is -3.43. The fraction of sp³-hybridized carbons (Fsp3) is 0.588. The zero-order valence-corrected chi connectivity index (χ0v) is 29.6. The van der Waals surface area contributed by atoms with Crippen molar-refractivity contribution in [3.8, 4) is 11.5 Å². The molecule has 2 saturated heterocycles. The van der Waals surface area contributed by atoms with Gasteiger partial charge in [-0.1, -0.05) is 18.2 Å². The van der Waals surface area contributed by atoms with Crippen LogP contribution < -0.4 is 14.2 Å². The van der Waals surface area contributed by atoms with Gasteiger partial charge in [-0.25, -0.2) is 9.11 Å². The van der Waals surface area contributed by atoms with Gasteiger partial charge in [0, 0.05) is 58.2 Å². The van der Waals surface area contributed by atoms with Crippen LogP contribution in [-0.2, 0) is 26.0 Å². The number of hydrogen-bond acceptors (Lipinski definition) is 7. The van der Waals surface area contributed by atoms with E-state index in [1.807, 2.05) is 30.4 Å². The third kappa shape index (κ3) is 9.03. The SMILES string of the molecule is COc1ccc([C@@H]2CN(C(C)(C)C)C[C@@]2(F)C(=O)N2CCC(c3ccc(C(F)(F)F)cc3OCCCC(=O)NS(=O)(=O)N(C)C)CC2)cc1. The van der Waals surface area contributed by atoms with Crippen LogP contribution in [0.25, 0.3) is 0 Å². The van der Waals surface area contributed by atoms with Gasteiger partial charge >= 0.3 is 16.4 Å². The second kappa shape index (κ2) is 14.8. The summed E-state index contributed by atoms with van der Waals surface area (Å²) in [6, 6.07) is 10.3. The Balaban J connectivity index is 1.47. The summed E-state index contributed by atoms with van der Waals surface area (Å²) >= 11 is 0. The van der Waals surface area contributed by atoms with E-state index in [0.717, 1.165) is 16.4 Å². The lowest BCUT2D eigenvalue weighted by atomic mass is 9.83. The van der Waals surface area contributed by atoms with Gasteiger partial charge in [-0.2, -0.15) is 25.9 Å². The first-order valence-electron chi connectivity index (χ1n) is 16.2. The lowest BCUT2D eigenvalue weighted by Crippen LogP contribution is -2.53. The van der Waals surface area contributed by atoms with E-state index in [0.29, 0.717) is 36.3 Å². The van der Waals surface area contributed by atoms with E-state index in [1.54, 1.807) is 31.4 Å². The number of rotatable bonds is 11. The van der Waals surface area contributed by atoms with Gasteiger partial charge in [0.1, 0.15) is 11.5 Å². The highest BCUT2D eigenvalue weighted by atomic mass is 32.2. The molecule has 0 bridgehead atoms. The minimum Gasteiger partial charge on any atom is -0.497 e. The van der Waals surface area contributed by atoms with Crippen LogP contribution in [0.1, 0.15) is 75.0 Å². The molecule has 2 aliphatic rings. The average Bonchev–Trinajstić information content (AvgIpc) is 3.41. The fourth-order valence-electron chi connectivity index (χ4n) is 6.28. The van der Waals surface area contributed by atoms with Gasteiger partial charge in [0.15, 0.2) is 0 Å². The van der Waals surface area contributed by atoms with Crippen molar-refractivity contribution in [1.29, 1.82) is 0 Å². The molecule has 0 aromatic heterocycles. The van der Waals surface area contributed by atoms with Crippen molar-refractivity contribution in [3.63, 3.8) is 0 Å². The molecule has 2 aromatic carbocycles. The van der Waals surface area contributed by atoms with Crippen LogP contribution in [0, 0.1) is 0 Å². The zero-order valence-electron chi connectivity index (χ0n) is 28.8. The van der Waals surface area contributed by atoms with Crippen LogP contribution in [-0.4, -0.2) is 99.5 Å². The number of carbonyl (C=O) groups is 2. The molecule has 49 heavy (non-hydrogen) atoms. The summed E-state index contributed by atoms with van der Waals surface area (Å²) in [4.78, 5) is 29.6. The minimum absolute atomic E-state index is 0.000865. The summed E-state index contributed by atoms with van der Waals surface area (Å²) in [5.74, 6) is -1.72. The molecular weight excluding hydrogens is 668 g/mol. The Morgan fingerprint density at radius 1 is 1.04 bits per heavy atom. The van der Waals surface area contributed by atoms with E-state index >= 15 is 4.39 Å². The Morgan fingerprint density at radius 2 is 1.67 bits per heavy atom. The van der Waals surface area contributed by atoms with E-state index in [9.17, 15) is 31.2 Å². The van der Waals surface area contributed by atoms with Crippen molar-refractivity contribution in [3.05, 3.63) is 59.2 Å². The number of nitrogens with one attached hydrogen (secondary N) is 1. The highest BCUT2D eigenvalue weighted by Crippen LogP contribution is 2.45. The monoisotopic (exact) mass is 714 g/mol. The summed E-state index contributed by atoms with van der Waals surface area (Å²) in [6.45, 7) is 6.51. The maximum Gasteiger partial charge on any atom is 0.416 e. The predicted molar refractivity (Wildman–Crippen MR) is 176 cm³/mol.